The number of aliphatic hydroxyl groups excluding tert-OH is 1. The fraction of sp³-hybridized carbons (Fsp3) is 0.160. The van der Waals surface area contributed by atoms with E-state index in [0.29, 0.717) is 35.7 Å². The number of rotatable bonds is 7. The summed E-state index contributed by atoms with van der Waals surface area (Å²) in [6.07, 6.45) is 3.08. The van der Waals surface area contributed by atoms with Crippen LogP contribution in [0, 0.1) is 5.82 Å². The van der Waals surface area contributed by atoms with Crippen molar-refractivity contribution in [1.82, 2.24) is 14.5 Å². The Morgan fingerprint density at radius 2 is 1.69 bits per heavy atom. The van der Waals surface area contributed by atoms with Crippen LogP contribution in [0.2, 0.25) is 0 Å². The molecule has 0 saturated carbocycles. The Balaban J connectivity index is 1.68. The number of halogens is 1. The summed E-state index contributed by atoms with van der Waals surface area (Å²) in [5.74, 6) is 0.00666. The van der Waals surface area contributed by atoms with Crippen molar-refractivity contribution in [3.8, 4) is 22.4 Å². The van der Waals surface area contributed by atoms with E-state index in [1.54, 1.807) is 43.7 Å². The van der Waals surface area contributed by atoms with Gasteiger partial charge in [0.05, 0.1) is 17.4 Å². The summed E-state index contributed by atoms with van der Waals surface area (Å²) in [6.45, 7) is 0.419. The van der Waals surface area contributed by atoms with Crippen molar-refractivity contribution in [3.05, 3.63) is 101 Å². The van der Waals surface area contributed by atoms with E-state index < -0.39 is 6.10 Å². The van der Waals surface area contributed by atoms with E-state index in [4.69, 9.17) is 4.98 Å². The fourth-order valence-electron chi connectivity index (χ4n) is 3.52. The molecule has 162 valence electrons. The lowest BCUT2D eigenvalue weighted by Crippen LogP contribution is -2.25. The van der Waals surface area contributed by atoms with Crippen LogP contribution in [-0.2, 0) is 7.05 Å². The highest BCUT2D eigenvalue weighted by atomic mass is 19.1. The number of hydrogen-bond acceptors (Lipinski definition) is 5. The van der Waals surface area contributed by atoms with Crippen LogP contribution in [0.3, 0.4) is 0 Å². The van der Waals surface area contributed by atoms with Gasteiger partial charge in [-0.15, -0.1) is 0 Å². The molecule has 0 amide bonds. The third-order valence-electron chi connectivity index (χ3n) is 5.26. The Morgan fingerprint density at radius 3 is 2.38 bits per heavy atom. The summed E-state index contributed by atoms with van der Waals surface area (Å²) in [6, 6.07) is 18.7. The maximum Gasteiger partial charge on any atom is 0.263 e. The number of pyridine rings is 1. The van der Waals surface area contributed by atoms with Gasteiger partial charge in [-0.3, -0.25) is 14.3 Å². The molecular formula is C25H23FN4O2. The second-order valence-electron chi connectivity index (χ2n) is 7.41. The minimum absolute atomic E-state index is 0.260. The van der Waals surface area contributed by atoms with Gasteiger partial charge in [-0.1, -0.05) is 42.5 Å². The van der Waals surface area contributed by atoms with Crippen LogP contribution >= 0.6 is 0 Å². The normalized spacial score (nSPS) is 11.8. The monoisotopic (exact) mass is 430 g/mol. The molecule has 32 heavy (non-hydrogen) atoms. The largest absolute Gasteiger partial charge is 0.388 e. The molecule has 0 aliphatic carbocycles. The van der Waals surface area contributed by atoms with E-state index in [0.717, 1.165) is 11.1 Å². The molecule has 2 aromatic heterocycles. The van der Waals surface area contributed by atoms with Gasteiger partial charge in [0.15, 0.2) is 0 Å². The average molecular weight is 430 g/mol. The molecule has 0 saturated heterocycles. The Bertz CT molecular complexity index is 1240. The third-order valence-corrected chi connectivity index (χ3v) is 5.26. The van der Waals surface area contributed by atoms with Crippen LogP contribution in [0.25, 0.3) is 22.4 Å². The molecule has 2 aromatic carbocycles. The highest BCUT2D eigenvalue weighted by Gasteiger charge is 2.18. The third kappa shape index (κ3) is 4.58. The predicted molar refractivity (Wildman–Crippen MR) is 123 cm³/mol. The quantitative estimate of drug-likeness (QED) is 0.460. The molecule has 4 aromatic rings. The van der Waals surface area contributed by atoms with Gasteiger partial charge in [-0.2, -0.15) is 0 Å². The standard InChI is InChI=1S/C25H23FN4O2/c1-30-24(32)22(18-7-9-20(26)10-8-18)23(19-11-14-27-15-12-19)29-25(30)28-16-13-21(31)17-5-3-2-4-6-17/h2-12,14-15,21,31H,13,16H2,1H3,(H,28,29). The summed E-state index contributed by atoms with van der Waals surface area (Å²) in [5.41, 5.74) is 2.74. The Morgan fingerprint density at radius 1 is 1.00 bits per heavy atom. The molecule has 6 nitrogen and oxygen atoms in total. The zero-order valence-corrected chi connectivity index (χ0v) is 17.6. The summed E-state index contributed by atoms with van der Waals surface area (Å²) in [7, 11) is 1.63. The first-order valence-corrected chi connectivity index (χ1v) is 10.3. The zero-order chi connectivity index (χ0) is 22.5. The minimum Gasteiger partial charge on any atom is -0.388 e. The minimum atomic E-state index is -0.626. The summed E-state index contributed by atoms with van der Waals surface area (Å²) < 4.78 is 14.9. The van der Waals surface area contributed by atoms with E-state index in [9.17, 15) is 14.3 Å². The Labute approximate surface area is 185 Å². The maximum atomic E-state index is 13.5. The van der Waals surface area contributed by atoms with Crippen LogP contribution in [0.5, 0.6) is 0 Å². The van der Waals surface area contributed by atoms with Crippen LogP contribution in [0.1, 0.15) is 18.1 Å². The number of nitrogens with zero attached hydrogens (tertiary/aromatic N) is 3. The van der Waals surface area contributed by atoms with E-state index in [1.807, 2.05) is 30.3 Å². The number of aromatic nitrogens is 3. The SMILES string of the molecule is Cn1c(NCCC(O)c2ccccc2)nc(-c2ccncc2)c(-c2ccc(F)cc2)c1=O. The van der Waals surface area contributed by atoms with Gasteiger partial charge in [0.25, 0.3) is 5.56 Å². The van der Waals surface area contributed by atoms with Crippen molar-refractivity contribution in [2.24, 2.45) is 7.05 Å². The lowest BCUT2D eigenvalue weighted by Gasteiger charge is -2.17. The number of anilines is 1. The van der Waals surface area contributed by atoms with Crippen molar-refractivity contribution >= 4 is 5.95 Å². The second-order valence-corrected chi connectivity index (χ2v) is 7.41. The smallest absolute Gasteiger partial charge is 0.263 e. The van der Waals surface area contributed by atoms with Crippen LogP contribution in [0.15, 0.2) is 83.9 Å². The summed E-state index contributed by atoms with van der Waals surface area (Å²) in [4.78, 5) is 22.1. The molecule has 7 heteroatoms. The van der Waals surface area contributed by atoms with Gasteiger partial charge in [-0.05, 0) is 41.8 Å². The molecule has 2 heterocycles. The van der Waals surface area contributed by atoms with Gasteiger partial charge in [0, 0.05) is 31.5 Å². The van der Waals surface area contributed by atoms with Gasteiger partial charge in [0.2, 0.25) is 5.95 Å². The summed E-state index contributed by atoms with van der Waals surface area (Å²) >= 11 is 0. The molecule has 4 rings (SSSR count). The second kappa shape index (κ2) is 9.53. The highest BCUT2D eigenvalue weighted by molar-refractivity contribution is 5.80. The van der Waals surface area contributed by atoms with Gasteiger partial charge in [0.1, 0.15) is 5.82 Å². The van der Waals surface area contributed by atoms with Crippen molar-refractivity contribution in [2.75, 3.05) is 11.9 Å². The molecule has 1 atom stereocenters. The topological polar surface area (TPSA) is 80.0 Å². The average Bonchev–Trinajstić information content (AvgIpc) is 2.83. The van der Waals surface area contributed by atoms with Gasteiger partial charge in [-0.25, -0.2) is 9.37 Å². The number of aliphatic hydroxyl groups is 1. The number of hydrogen-bond donors (Lipinski definition) is 2. The molecule has 0 bridgehead atoms. The first-order valence-electron chi connectivity index (χ1n) is 10.3. The van der Waals surface area contributed by atoms with E-state index in [-0.39, 0.29) is 11.4 Å². The molecule has 1 unspecified atom stereocenters. The van der Waals surface area contributed by atoms with Crippen molar-refractivity contribution in [1.29, 1.82) is 0 Å². The zero-order valence-electron chi connectivity index (χ0n) is 17.6. The first kappa shape index (κ1) is 21.4. The maximum absolute atomic E-state index is 13.5. The van der Waals surface area contributed by atoms with Gasteiger partial charge < -0.3 is 10.4 Å². The van der Waals surface area contributed by atoms with Crippen molar-refractivity contribution < 1.29 is 9.50 Å². The molecular weight excluding hydrogens is 407 g/mol. The lowest BCUT2D eigenvalue weighted by atomic mass is 10.0. The number of nitrogens with one attached hydrogen (secondary N) is 1. The molecule has 2 N–H and O–H groups in total. The highest BCUT2D eigenvalue weighted by Crippen LogP contribution is 2.29. The Hall–Kier alpha value is -3.84. The first-order chi connectivity index (χ1) is 15.5. The molecule has 0 aliphatic heterocycles. The molecule has 0 spiro atoms. The van der Waals surface area contributed by atoms with Crippen LogP contribution in [0.4, 0.5) is 10.3 Å². The predicted octanol–water partition coefficient (Wildman–Crippen LogP) is 4.18. The van der Waals surface area contributed by atoms with Crippen LogP contribution < -0.4 is 10.9 Å². The Kier molecular flexibility index (Phi) is 6.37. The van der Waals surface area contributed by atoms with Crippen molar-refractivity contribution in [3.63, 3.8) is 0 Å². The van der Waals surface area contributed by atoms with E-state index >= 15 is 0 Å². The van der Waals surface area contributed by atoms with E-state index in [1.165, 1.54) is 16.7 Å². The van der Waals surface area contributed by atoms with Crippen LogP contribution in [-0.4, -0.2) is 26.2 Å². The fourth-order valence-corrected chi connectivity index (χ4v) is 3.52. The number of benzene rings is 2. The van der Waals surface area contributed by atoms with Gasteiger partial charge >= 0.3 is 0 Å². The summed E-state index contributed by atoms with van der Waals surface area (Å²) in [5, 5.41) is 13.6. The van der Waals surface area contributed by atoms with Crippen molar-refractivity contribution in [2.45, 2.75) is 12.5 Å². The molecule has 0 fully saturated rings. The molecule has 0 radical (unpaired) electrons. The van der Waals surface area contributed by atoms with E-state index in [2.05, 4.69) is 10.3 Å². The molecule has 0 aliphatic rings. The lowest BCUT2D eigenvalue weighted by molar-refractivity contribution is 0.171.